The number of nitrogens with zero attached hydrogens (tertiary/aromatic N) is 2. The zero-order chi connectivity index (χ0) is 23.3. The van der Waals surface area contributed by atoms with Crippen LogP contribution in [0.25, 0.3) is 0 Å². The summed E-state index contributed by atoms with van der Waals surface area (Å²) in [7, 11) is -4.08. The van der Waals surface area contributed by atoms with Crippen LogP contribution in [0.15, 0.2) is 53.4 Å². The molecule has 0 aromatic heterocycles. The Morgan fingerprint density at radius 1 is 0.970 bits per heavy atom. The zero-order valence-corrected chi connectivity index (χ0v) is 19.1. The van der Waals surface area contributed by atoms with E-state index in [4.69, 9.17) is 9.47 Å². The van der Waals surface area contributed by atoms with E-state index in [2.05, 4.69) is 10.2 Å². The number of carbonyl (C=O) groups is 1. The van der Waals surface area contributed by atoms with Crippen LogP contribution >= 0.6 is 0 Å². The molecule has 8 nitrogen and oxygen atoms in total. The van der Waals surface area contributed by atoms with E-state index < -0.39 is 26.6 Å². The summed E-state index contributed by atoms with van der Waals surface area (Å²) in [6.45, 7) is 4.17. The standard InChI is InChI=1S/C23H28FN3O5S/c24-20-7-6-19(16-22(20)33(29,30)27-10-14-32-15-11-27)23(28)25-21(18-4-2-1-3-5-18)17-26-8-12-31-13-9-26/h1-7,16,21H,8-15,17H2,(H,25,28). The Labute approximate surface area is 193 Å². The summed E-state index contributed by atoms with van der Waals surface area (Å²) in [4.78, 5) is 14.8. The predicted octanol–water partition coefficient (Wildman–Crippen LogP) is 1.65. The molecule has 1 unspecified atom stereocenters. The Morgan fingerprint density at radius 2 is 1.61 bits per heavy atom. The van der Waals surface area contributed by atoms with Gasteiger partial charge in [-0.05, 0) is 23.8 Å². The fourth-order valence-electron chi connectivity index (χ4n) is 3.97. The highest BCUT2D eigenvalue weighted by atomic mass is 32.2. The summed E-state index contributed by atoms with van der Waals surface area (Å²) in [6.07, 6.45) is 0. The van der Waals surface area contributed by atoms with Gasteiger partial charge in [-0.3, -0.25) is 9.69 Å². The molecule has 4 rings (SSSR count). The summed E-state index contributed by atoms with van der Waals surface area (Å²) >= 11 is 0. The maximum absolute atomic E-state index is 14.5. The van der Waals surface area contributed by atoms with Gasteiger partial charge in [0.25, 0.3) is 5.91 Å². The lowest BCUT2D eigenvalue weighted by Gasteiger charge is -2.31. The Bertz CT molecular complexity index is 1060. The van der Waals surface area contributed by atoms with Gasteiger partial charge in [0.05, 0.1) is 32.5 Å². The molecule has 2 aliphatic rings. The Morgan fingerprint density at radius 3 is 2.27 bits per heavy atom. The van der Waals surface area contributed by atoms with Gasteiger partial charge in [-0.2, -0.15) is 4.31 Å². The van der Waals surface area contributed by atoms with Gasteiger partial charge in [-0.25, -0.2) is 12.8 Å². The van der Waals surface area contributed by atoms with Crippen molar-refractivity contribution in [3.63, 3.8) is 0 Å². The normalized spacial score (nSPS) is 19.2. The molecule has 0 aliphatic carbocycles. The van der Waals surface area contributed by atoms with Crippen LogP contribution in [-0.2, 0) is 19.5 Å². The van der Waals surface area contributed by atoms with Crippen molar-refractivity contribution in [1.29, 1.82) is 0 Å². The van der Waals surface area contributed by atoms with Crippen molar-refractivity contribution in [1.82, 2.24) is 14.5 Å². The second-order valence-electron chi connectivity index (χ2n) is 8.01. The van der Waals surface area contributed by atoms with Gasteiger partial charge >= 0.3 is 0 Å². The van der Waals surface area contributed by atoms with Crippen molar-refractivity contribution in [3.8, 4) is 0 Å². The van der Waals surface area contributed by atoms with Crippen LogP contribution in [0.5, 0.6) is 0 Å². The molecule has 10 heteroatoms. The number of ether oxygens (including phenoxy) is 2. The second-order valence-corrected chi connectivity index (χ2v) is 9.92. The largest absolute Gasteiger partial charge is 0.379 e. The molecule has 33 heavy (non-hydrogen) atoms. The molecule has 0 bridgehead atoms. The molecule has 2 aromatic rings. The minimum absolute atomic E-state index is 0.0890. The molecule has 0 saturated carbocycles. The van der Waals surface area contributed by atoms with Crippen LogP contribution < -0.4 is 5.32 Å². The van der Waals surface area contributed by atoms with Crippen LogP contribution in [0.4, 0.5) is 4.39 Å². The van der Waals surface area contributed by atoms with E-state index in [1.807, 2.05) is 30.3 Å². The van der Waals surface area contributed by atoms with Gasteiger partial charge in [0, 0.05) is 38.3 Å². The van der Waals surface area contributed by atoms with Gasteiger partial charge in [-0.1, -0.05) is 30.3 Å². The van der Waals surface area contributed by atoms with Crippen molar-refractivity contribution in [3.05, 3.63) is 65.5 Å². The van der Waals surface area contributed by atoms with E-state index in [0.29, 0.717) is 19.8 Å². The quantitative estimate of drug-likeness (QED) is 0.653. The van der Waals surface area contributed by atoms with Crippen LogP contribution in [0.3, 0.4) is 0 Å². The average Bonchev–Trinajstić information content (AvgIpc) is 2.85. The lowest BCUT2D eigenvalue weighted by atomic mass is 10.1. The predicted molar refractivity (Wildman–Crippen MR) is 120 cm³/mol. The van der Waals surface area contributed by atoms with Gasteiger partial charge < -0.3 is 14.8 Å². The summed E-state index contributed by atoms with van der Waals surface area (Å²) < 4.78 is 52.3. The van der Waals surface area contributed by atoms with E-state index in [1.54, 1.807) is 0 Å². The van der Waals surface area contributed by atoms with Crippen molar-refractivity contribution >= 4 is 15.9 Å². The molecular formula is C23H28FN3O5S. The van der Waals surface area contributed by atoms with E-state index >= 15 is 0 Å². The van der Waals surface area contributed by atoms with E-state index in [9.17, 15) is 17.6 Å². The number of hydrogen-bond donors (Lipinski definition) is 1. The van der Waals surface area contributed by atoms with Crippen molar-refractivity contribution in [2.45, 2.75) is 10.9 Å². The smallest absolute Gasteiger partial charge is 0.251 e. The number of hydrogen-bond acceptors (Lipinski definition) is 6. The lowest BCUT2D eigenvalue weighted by Crippen LogP contribution is -2.43. The maximum atomic E-state index is 14.5. The number of sulfonamides is 1. The van der Waals surface area contributed by atoms with Crippen LogP contribution in [0, 0.1) is 5.82 Å². The molecule has 1 N–H and O–H groups in total. The van der Waals surface area contributed by atoms with Gasteiger partial charge in [0.1, 0.15) is 10.7 Å². The Balaban J connectivity index is 1.56. The highest BCUT2D eigenvalue weighted by molar-refractivity contribution is 7.89. The van der Waals surface area contributed by atoms with Gasteiger partial charge in [-0.15, -0.1) is 0 Å². The Kier molecular flexibility index (Phi) is 7.71. The lowest BCUT2D eigenvalue weighted by molar-refractivity contribution is 0.0332. The number of halogens is 1. The first kappa shape index (κ1) is 23.8. The highest BCUT2D eigenvalue weighted by Gasteiger charge is 2.30. The minimum Gasteiger partial charge on any atom is -0.379 e. The first-order valence-corrected chi connectivity index (χ1v) is 12.4. The van der Waals surface area contributed by atoms with E-state index in [0.717, 1.165) is 30.8 Å². The molecule has 2 heterocycles. The molecule has 2 saturated heterocycles. The van der Waals surface area contributed by atoms with Crippen LogP contribution in [0.2, 0.25) is 0 Å². The molecule has 2 fully saturated rings. The average molecular weight is 478 g/mol. The topological polar surface area (TPSA) is 88.2 Å². The number of benzene rings is 2. The number of rotatable bonds is 7. The van der Waals surface area contributed by atoms with Crippen molar-refractivity contribution in [2.24, 2.45) is 0 Å². The van der Waals surface area contributed by atoms with E-state index in [-0.39, 0.29) is 37.9 Å². The van der Waals surface area contributed by atoms with Crippen molar-refractivity contribution in [2.75, 3.05) is 59.2 Å². The summed E-state index contributed by atoms with van der Waals surface area (Å²) in [5.41, 5.74) is 1.02. The first-order valence-electron chi connectivity index (χ1n) is 11.0. The first-order chi connectivity index (χ1) is 15.9. The summed E-state index contributed by atoms with van der Waals surface area (Å²) in [5, 5.41) is 3.00. The number of amides is 1. The summed E-state index contributed by atoms with van der Waals surface area (Å²) in [5.74, 6) is -1.35. The molecule has 0 spiro atoms. The number of nitrogens with one attached hydrogen (secondary N) is 1. The number of morpholine rings is 2. The maximum Gasteiger partial charge on any atom is 0.251 e. The molecule has 2 aliphatic heterocycles. The van der Waals surface area contributed by atoms with Crippen LogP contribution in [0.1, 0.15) is 22.0 Å². The molecule has 2 aromatic carbocycles. The highest BCUT2D eigenvalue weighted by Crippen LogP contribution is 2.23. The molecule has 1 amide bonds. The number of carbonyl (C=O) groups excluding carboxylic acids is 1. The third-order valence-corrected chi connectivity index (χ3v) is 7.75. The van der Waals surface area contributed by atoms with Gasteiger partial charge in [0.2, 0.25) is 10.0 Å². The Hall–Kier alpha value is -2.37. The molecular weight excluding hydrogens is 449 g/mol. The summed E-state index contributed by atoms with van der Waals surface area (Å²) in [6, 6.07) is 12.7. The SMILES string of the molecule is O=C(NC(CN1CCOCC1)c1ccccc1)c1ccc(F)c(S(=O)(=O)N2CCOCC2)c1. The monoisotopic (exact) mass is 477 g/mol. The molecule has 0 radical (unpaired) electrons. The van der Waals surface area contributed by atoms with Crippen molar-refractivity contribution < 1.29 is 27.1 Å². The third-order valence-electron chi connectivity index (χ3n) is 5.83. The molecule has 178 valence electrons. The second kappa shape index (κ2) is 10.7. The van der Waals surface area contributed by atoms with Crippen LogP contribution in [-0.4, -0.2) is 82.7 Å². The fraction of sp³-hybridized carbons (Fsp3) is 0.435. The third kappa shape index (κ3) is 5.77. The minimum atomic E-state index is -4.08. The molecule has 1 atom stereocenters. The van der Waals surface area contributed by atoms with Gasteiger partial charge in [0.15, 0.2) is 0 Å². The van der Waals surface area contributed by atoms with E-state index in [1.165, 1.54) is 10.4 Å². The zero-order valence-electron chi connectivity index (χ0n) is 18.3. The fourth-order valence-corrected chi connectivity index (χ4v) is 5.47.